The van der Waals surface area contributed by atoms with Crippen LogP contribution in [0.1, 0.15) is 11.1 Å². The molecule has 10 heteroatoms. The molecule has 0 spiro atoms. The average molecular weight is 445 g/mol. The molecule has 0 aliphatic heterocycles. The summed E-state index contributed by atoms with van der Waals surface area (Å²) in [7, 11) is 0. The van der Waals surface area contributed by atoms with E-state index in [9.17, 15) is 19.2 Å². The lowest BCUT2D eigenvalue weighted by Crippen LogP contribution is -2.32. The molecule has 0 amide bonds. The lowest BCUT2D eigenvalue weighted by Gasteiger charge is -2.14. The van der Waals surface area contributed by atoms with E-state index < -0.39 is 31.4 Å². The zero-order chi connectivity index (χ0) is 23.0. The zero-order valence-corrected chi connectivity index (χ0v) is 17.0. The highest BCUT2D eigenvalue weighted by molar-refractivity contribution is 5.77. The fourth-order valence-electron chi connectivity index (χ4n) is 2.32. The first-order valence-corrected chi connectivity index (χ1v) is 9.48. The molecule has 0 saturated heterocycles. The number of carbonyl (C=O) groups is 3. The number of benzene rings is 2. The van der Waals surface area contributed by atoms with Crippen molar-refractivity contribution in [1.29, 1.82) is 0 Å². The molecule has 0 aromatic heterocycles. The molecule has 0 saturated carbocycles. The summed E-state index contributed by atoms with van der Waals surface area (Å²) in [6.07, 6.45) is -3.53. The highest BCUT2D eigenvalue weighted by Gasteiger charge is 2.28. The summed E-state index contributed by atoms with van der Waals surface area (Å²) in [6.45, 7) is 0.131. The minimum absolute atomic E-state index is 0.0344. The Labute approximate surface area is 183 Å². The van der Waals surface area contributed by atoms with Gasteiger partial charge in [-0.2, -0.15) is 0 Å². The highest BCUT2D eigenvalue weighted by atomic mass is 16.8. The molecule has 2 aromatic rings. The van der Waals surface area contributed by atoms with Gasteiger partial charge in [-0.05, 0) is 11.1 Å². The smallest absolute Gasteiger partial charge is 0.434 e. The van der Waals surface area contributed by atoms with Gasteiger partial charge < -0.3 is 28.4 Å². The van der Waals surface area contributed by atoms with Gasteiger partial charge in [0.15, 0.2) is 0 Å². The van der Waals surface area contributed by atoms with Crippen molar-refractivity contribution in [3.05, 3.63) is 71.8 Å². The van der Waals surface area contributed by atoms with Gasteiger partial charge in [-0.1, -0.05) is 60.7 Å². The Morgan fingerprint density at radius 2 is 1.25 bits per heavy atom. The van der Waals surface area contributed by atoms with Crippen molar-refractivity contribution in [2.45, 2.75) is 19.1 Å². The van der Waals surface area contributed by atoms with Gasteiger partial charge in [-0.3, -0.25) is 0 Å². The van der Waals surface area contributed by atoms with Crippen LogP contribution in [0.15, 0.2) is 60.7 Å². The quantitative estimate of drug-likeness (QED) is 0.274. The summed E-state index contributed by atoms with van der Waals surface area (Å²) in [6, 6.07) is 18.5. The first-order chi connectivity index (χ1) is 15.6. The molecule has 1 atom stereocenters. The maximum absolute atomic E-state index is 11.9. The van der Waals surface area contributed by atoms with Crippen molar-refractivity contribution in [3.8, 4) is 0 Å². The van der Waals surface area contributed by atoms with Gasteiger partial charge in [-0.15, -0.1) is 0 Å². The van der Waals surface area contributed by atoms with Gasteiger partial charge in [0, 0.05) is 12.8 Å². The Bertz CT molecular complexity index is 854. The molecule has 0 aliphatic rings. The van der Waals surface area contributed by atoms with Crippen molar-refractivity contribution < 1.29 is 47.6 Å². The molecule has 1 radical (unpaired) electrons. The van der Waals surface area contributed by atoms with Crippen LogP contribution in [0.3, 0.4) is 0 Å². The molecule has 2 rings (SSSR count). The van der Waals surface area contributed by atoms with Crippen molar-refractivity contribution >= 4 is 24.8 Å². The van der Waals surface area contributed by atoms with E-state index in [1.165, 1.54) is 0 Å². The van der Waals surface area contributed by atoms with E-state index in [0.717, 1.165) is 17.6 Å². The molecular weight excluding hydrogens is 424 g/mol. The van der Waals surface area contributed by atoms with Crippen LogP contribution in [-0.2, 0) is 50.9 Å². The van der Waals surface area contributed by atoms with Gasteiger partial charge in [0.05, 0.1) is 13.2 Å². The molecule has 0 N–H and O–H groups in total. The molecule has 32 heavy (non-hydrogen) atoms. The van der Waals surface area contributed by atoms with Crippen molar-refractivity contribution in [2.75, 3.05) is 20.0 Å². The fraction of sp³-hybridized carbons (Fsp3) is 0.273. The van der Waals surface area contributed by atoms with E-state index in [4.69, 9.17) is 9.47 Å². The van der Waals surface area contributed by atoms with Crippen molar-refractivity contribution in [3.63, 3.8) is 0 Å². The van der Waals surface area contributed by atoms with Gasteiger partial charge in [-0.25, -0.2) is 19.2 Å². The number of rotatable bonds is 12. The second-order valence-corrected chi connectivity index (χ2v) is 6.04. The van der Waals surface area contributed by atoms with Crippen molar-refractivity contribution in [2.24, 2.45) is 0 Å². The third-order valence-corrected chi connectivity index (χ3v) is 3.84. The van der Waals surface area contributed by atoms with Crippen LogP contribution >= 0.6 is 0 Å². The summed E-state index contributed by atoms with van der Waals surface area (Å²) in [4.78, 5) is 45.4. The first kappa shape index (κ1) is 24.2. The standard InChI is InChI=1S/C22H21O10/c23-15-29-20(32-22(26)28-14-12-18-9-5-2-6-10-18)19(24)30-16-31-21(25)27-13-11-17-7-3-1-4-8-17/h1-10,20H,11-14,16H2. The second-order valence-electron chi connectivity index (χ2n) is 6.04. The largest absolute Gasteiger partial charge is 0.511 e. The summed E-state index contributed by atoms with van der Waals surface area (Å²) in [5.74, 6) is -1.31. The van der Waals surface area contributed by atoms with Crippen LogP contribution < -0.4 is 0 Å². The lowest BCUT2D eigenvalue weighted by atomic mass is 10.2. The third kappa shape index (κ3) is 9.61. The van der Waals surface area contributed by atoms with Crippen LogP contribution in [0.4, 0.5) is 9.59 Å². The lowest BCUT2D eigenvalue weighted by molar-refractivity contribution is -0.182. The molecule has 0 aliphatic carbocycles. The molecule has 1 unspecified atom stereocenters. The maximum Gasteiger partial charge on any atom is 0.511 e. The van der Waals surface area contributed by atoms with Crippen LogP contribution in [0, 0.1) is 0 Å². The first-order valence-electron chi connectivity index (χ1n) is 9.48. The highest BCUT2D eigenvalue weighted by Crippen LogP contribution is 2.04. The summed E-state index contributed by atoms with van der Waals surface area (Å²) in [5.41, 5.74) is 1.88. The van der Waals surface area contributed by atoms with Crippen LogP contribution in [-0.4, -0.2) is 51.0 Å². The average Bonchev–Trinajstić information content (AvgIpc) is 2.80. The summed E-state index contributed by atoms with van der Waals surface area (Å²) < 4.78 is 27.6. The van der Waals surface area contributed by atoms with E-state index >= 15 is 0 Å². The Morgan fingerprint density at radius 1 is 0.719 bits per heavy atom. The van der Waals surface area contributed by atoms with E-state index in [-0.39, 0.29) is 13.2 Å². The maximum atomic E-state index is 11.9. The number of hydrogen-bond acceptors (Lipinski definition) is 10. The molecule has 169 valence electrons. The SMILES string of the molecule is O=[C]OC(OC(=O)OCCc1ccccc1)C(=O)OCOC(=O)OCCc1ccccc1. The number of ether oxygens (including phenoxy) is 6. The summed E-state index contributed by atoms with van der Waals surface area (Å²) >= 11 is 0. The molecular formula is C22H21O10. The van der Waals surface area contributed by atoms with Gasteiger partial charge in [0.25, 0.3) is 0 Å². The number of esters is 1. The minimum Gasteiger partial charge on any atom is -0.434 e. The second kappa shape index (κ2) is 14.0. The molecule has 0 bridgehead atoms. The Balaban J connectivity index is 1.64. The Morgan fingerprint density at radius 3 is 1.78 bits per heavy atom. The zero-order valence-electron chi connectivity index (χ0n) is 17.0. The normalized spacial score (nSPS) is 10.9. The van der Waals surface area contributed by atoms with Crippen LogP contribution in [0.25, 0.3) is 0 Å². The van der Waals surface area contributed by atoms with E-state index in [1.807, 2.05) is 60.7 Å². The predicted octanol–water partition coefficient (Wildman–Crippen LogP) is 2.69. The van der Waals surface area contributed by atoms with Crippen LogP contribution in [0.5, 0.6) is 0 Å². The molecule has 2 aromatic carbocycles. The van der Waals surface area contributed by atoms with E-state index in [1.54, 1.807) is 0 Å². The fourth-order valence-corrected chi connectivity index (χ4v) is 2.32. The van der Waals surface area contributed by atoms with E-state index in [0.29, 0.717) is 12.8 Å². The Kier molecular flexibility index (Phi) is 10.6. The number of hydrogen-bond donors (Lipinski definition) is 0. The minimum atomic E-state index is -2.07. The van der Waals surface area contributed by atoms with Crippen LogP contribution in [0.2, 0.25) is 0 Å². The predicted molar refractivity (Wildman–Crippen MR) is 107 cm³/mol. The van der Waals surface area contributed by atoms with E-state index in [2.05, 4.69) is 18.9 Å². The molecule has 10 nitrogen and oxygen atoms in total. The monoisotopic (exact) mass is 445 g/mol. The third-order valence-electron chi connectivity index (χ3n) is 3.84. The topological polar surface area (TPSA) is 124 Å². The van der Waals surface area contributed by atoms with Gasteiger partial charge in [0.2, 0.25) is 6.79 Å². The summed E-state index contributed by atoms with van der Waals surface area (Å²) in [5, 5.41) is 0. The Hall–Kier alpha value is -4.08. The van der Waals surface area contributed by atoms with Gasteiger partial charge >= 0.3 is 31.0 Å². The molecule has 0 fully saturated rings. The molecule has 0 heterocycles. The van der Waals surface area contributed by atoms with Crippen molar-refractivity contribution in [1.82, 2.24) is 0 Å². The van der Waals surface area contributed by atoms with Gasteiger partial charge in [0.1, 0.15) is 0 Å². The number of carbonyl (C=O) groups excluding carboxylic acids is 4.